The largest absolute Gasteiger partial charge is 0.341 e. The van der Waals surface area contributed by atoms with Crippen molar-refractivity contribution < 1.29 is 0 Å². The van der Waals surface area contributed by atoms with Crippen LogP contribution in [0.2, 0.25) is 0 Å². The smallest absolute Gasteiger partial charge is 0.0998 e. The number of hydrazone groups is 1. The Bertz CT molecular complexity index is 1920. The lowest BCUT2D eigenvalue weighted by Crippen LogP contribution is -2.09. The van der Waals surface area contributed by atoms with E-state index in [2.05, 4.69) is 60.0 Å². The van der Waals surface area contributed by atoms with E-state index in [0.717, 1.165) is 34.6 Å². The summed E-state index contributed by atoms with van der Waals surface area (Å²) >= 11 is 0. The van der Waals surface area contributed by atoms with Crippen molar-refractivity contribution in [1.29, 1.82) is 5.26 Å². The summed E-state index contributed by atoms with van der Waals surface area (Å²) in [5.74, 6) is 0. The highest BCUT2D eigenvalue weighted by atomic mass is 15.5. The Labute approximate surface area is 240 Å². The van der Waals surface area contributed by atoms with E-state index in [0.29, 0.717) is 5.57 Å². The first-order valence-electron chi connectivity index (χ1n) is 13.8. The van der Waals surface area contributed by atoms with Crippen LogP contribution in [0.4, 0.5) is 11.4 Å². The molecule has 0 radical (unpaired) electrons. The van der Waals surface area contributed by atoms with Crippen LogP contribution < -0.4 is 5.01 Å². The van der Waals surface area contributed by atoms with Gasteiger partial charge in [-0.1, -0.05) is 84.4 Å². The van der Waals surface area contributed by atoms with Gasteiger partial charge in [0.1, 0.15) is 0 Å². The molecule has 0 atom stereocenters. The summed E-state index contributed by atoms with van der Waals surface area (Å²) in [6.45, 7) is 5.15. The highest BCUT2D eigenvalue weighted by molar-refractivity contribution is 6.09. The fraction of sp³-hybridized carbons (Fsp3) is 0.0811. The standard InChI is InChI=1S/C37H30N4/c1-3-40-36-12-8-7-11-34(36)35-24-29(17-22-37(35)40)26-39-41(32-9-5-4-6-10-32)33-20-15-28(16-21-33)23-31(25-38)30-18-13-27(2)14-19-30/h4-24,26H,3H2,1-2H3/b31-23+,39-26-. The zero-order chi connectivity index (χ0) is 28.2. The Kier molecular flexibility index (Phi) is 7.17. The molecule has 1 heterocycles. The van der Waals surface area contributed by atoms with Gasteiger partial charge in [-0.2, -0.15) is 10.4 Å². The average molecular weight is 531 g/mol. The molecule has 0 aliphatic carbocycles. The normalized spacial score (nSPS) is 11.8. The summed E-state index contributed by atoms with van der Waals surface area (Å²) in [5.41, 5.74) is 9.10. The number of anilines is 2. The summed E-state index contributed by atoms with van der Waals surface area (Å²) in [6, 6.07) is 43.7. The summed E-state index contributed by atoms with van der Waals surface area (Å²) in [6.07, 6.45) is 3.84. The number of fused-ring (bicyclic) bond motifs is 3. The molecule has 0 amide bonds. The van der Waals surface area contributed by atoms with Gasteiger partial charge in [0.25, 0.3) is 0 Å². The number of aromatic nitrogens is 1. The SMILES string of the molecule is CCn1c2ccccc2c2cc(/C=N\N(c3ccccc3)c3ccc(/C=C(\C#N)c4ccc(C)cc4)cc3)ccc21. The van der Waals surface area contributed by atoms with Crippen molar-refractivity contribution in [3.05, 3.63) is 144 Å². The van der Waals surface area contributed by atoms with Crippen LogP contribution in [-0.2, 0) is 6.54 Å². The molecule has 198 valence electrons. The first kappa shape index (κ1) is 25.9. The minimum atomic E-state index is 0.635. The van der Waals surface area contributed by atoms with E-state index in [1.165, 1.54) is 27.4 Å². The van der Waals surface area contributed by atoms with Gasteiger partial charge in [0.05, 0.1) is 29.2 Å². The first-order chi connectivity index (χ1) is 20.1. The molecule has 4 nitrogen and oxygen atoms in total. The van der Waals surface area contributed by atoms with Gasteiger partial charge < -0.3 is 4.57 Å². The Morgan fingerprint density at radius 1 is 0.756 bits per heavy atom. The van der Waals surface area contributed by atoms with E-state index in [9.17, 15) is 5.26 Å². The predicted molar refractivity (Wildman–Crippen MR) is 172 cm³/mol. The molecule has 0 bridgehead atoms. The molecule has 0 spiro atoms. The number of nitriles is 1. The second kappa shape index (κ2) is 11.4. The summed E-state index contributed by atoms with van der Waals surface area (Å²) in [5, 5.41) is 19.1. The Hall–Kier alpha value is -5.40. The van der Waals surface area contributed by atoms with E-state index in [-0.39, 0.29) is 0 Å². The van der Waals surface area contributed by atoms with Crippen molar-refractivity contribution in [2.24, 2.45) is 5.10 Å². The van der Waals surface area contributed by atoms with Crippen LogP contribution in [0.5, 0.6) is 0 Å². The third-order valence-corrected chi connectivity index (χ3v) is 7.37. The number of aryl methyl sites for hydroxylation is 2. The molecule has 0 N–H and O–H groups in total. The third kappa shape index (κ3) is 5.26. The van der Waals surface area contributed by atoms with Gasteiger partial charge in [0.15, 0.2) is 0 Å². The molecule has 0 saturated heterocycles. The molecule has 6 aromatic rings. The number of para-hydroxylation sites is 2. The van der Waals surface area contributed by atoms with E-state index in [1.54, 1.807) is 0 Å². The van der Waals surface area contributed by atoms with Gasteiger partial charge in [-0.3, -0.25) is 0 Å². The van der Waals surface area contributed by atoms with Gasteiger partial charge in [-0.05, 0) is 79.1 Å². The topological polar surface area (TPSA) is 44.3 Å². The first-order valence-corrected chi connectivity index (χ1v) is 13.8. The molecule has 4 heteroatoms. The maximum atomic E-state index is 9.77. The van der Waals surface area contributed by atoms with Crippen molar-refractivity contribution in [3.63, 3.8) is 0 Å². The predicted octanol–water partition coefficient (Wildman–Crippen LogP) is 9.36. The lowest BCUT2D eigenvalue weighted by atomic mass is 10.0. The number of hydrogen-bond donors (Lipinski definition) is 0. The van der Waals surface area contributed by atoms with Gasteiger partial charge in [0.2, 0.25) is 0 Å². The Balaban J connectivity index is 1.34. The Morgan fingerprint density at radius 2 is 1.41 bits per heavy atom. The van der Waals surface area contributed by atoms with Crippen LogP contribution in [0.15, 0.2) is 126 Å². The van der Waals surface area contributed by atoms with Crippen molar-refractivity contribution >= 4 is 51.0 Å². The van der Waals surface area contributed by atoms with Crippen molar-refractivity contribution in [1.82, 2.24) is 4.57 Å². The minimum absolute atomic E-state index is 0.635. The van der Waals surface area contributed by atoms with Gasteiger partial charge >= 0.3 is 0 Å². The number of nitrogens with zero attached hydrogens (tertiary/aromatic N) is 4. The van der Waals surface area contributed by atoms with E-state index >= 15 is 0 Å². The van der Waals surface area contributed by atoms with Crippen LogP contribution >= 0.6 is 0 Å². The van der Waals surface area contributed by atoms with Crippen molar-refractivity contribution in [2.75, 3.05) is 5.01 Å². The van der Waals surface area contributed by atoms with Crippen LogP contribution in [0.1, 0.15) is 29.2 Å². The molecule has 1 aromatic heterocycles. The van der Waals surface area contributed by atoms with Crippen molar-refractivity contribution in [2.45, 2.75) is 20.4 Å². The lowest BCUT2D eigenvalue weighted by molar-refractivity contribution is 0.827. The van der Waals surface area contributed by atoms with Crippen LogP contribution in [-0.4, -0.2) is 10.8 Å². The number of benzene rings is 5. The molecule has 41 heavy (non-hydrogen) atoms. The van der Waals surface area contributed by atoms with E-state index < -0.39 is 0 Å². The number of allylic oxidation sites excluding steroid dienone is 1. The minimum Gasteiger partial charge on any atom is -0.341 e. The molecular formula is C37H30N4. The fourth-order valence-electron chi connectivity index (χ4n) is 5.26. The maximum absolute atomic E-state index is 9.77. The molecule has 6 rings (SSSR count). The van der Waals surface area contributed by atoms with Crippen LogP contribution in [0.25, 0.3) is 33.5 Å². The maximum Gasteiger partial charge on any atom is 0.0998 e. The zero-order valence-electron chi connectivity index (χ0n) is 23.2. The average Bonchev–Trinajstić information content (AvgIpc) is 3.34. The molecule has 0 saturated carbocycles. The second-order valence-corrected chi connectivity index (χ2v) is 10.1. The van der Waals surface area contributed by atoms with Crippen molar-refractivity contribution in [3.8, 4) is 6.07 Å². The molecular weight excluding hydrogens is 500 g/mol. The van der Waals surface area contributed by atoms with E-state index in [1.807, 2.05) is 103 Å². The molecule has 0 unspecified atom stereocenters. The molecule has 0 aliphatic rings. The van der Waals surface area contributed by atoms with Crippen LogP contribution in [0.3, 0.4) is 0 Å². The van der Waals surface area contributed by atoms with Gasteiger partial charge in [-0.15, -0.1) is 0 Å². The second-order valence-electron chi connectivity index (χ2n) is 10.1. The van der Waals surface area contributed by atoms with Crippen LogP contribution in [0, 0.1) is 18.3 Å². The summed E-state index contributed by atoms with van der Waals surface area (Å²) < 4.78 is 2.36. The Morgan fingerprint density at radius 3 is 2.15 bits per heavy atom. The monoisotopic (exact) mass is 530 g/mol. The fourth-order valence-corrected chi connectivity index (χ4v) is 5.26. The third-order valence-electron chi connectivity index (χ3n) is 7.37. The zero-order valence-corrected chi connectivity index (χ0v) is 23.2. The lowest BCUT2D eigenvalue weighted by Gasteiger charge is -2.19. The van der Waals surface area contributed by atoms with Gasteiger partial charge in [-0.25, -0.2) is 5.01 Å². The highest BCUT2D eigenvalue weighted by Crippen LogP contribution is 2.30. The molecule has 5 aromatic carbocycles. The van der Waals surface area contributed by atoms with Gasteiger partial charge in [0, 0.05) is 28.4 Å². The van der Waals surface area contributed by atoms with E-state index in [4.69, 9.17) is 5.10 Å². The quantitative estimate of drug-likeness (QED) is 0.0893. The number of hydrogen-bond acceptors (Lipinski definition) is 3. The highest BCUT2D eigenvalue weighted by Gasteiger charge is 2.11. The summed E-state index contributed by atoms with van der Waals surface area (Å²) in [7, 11) is 0. The number of rotatable bonds is 7. The molecule has 0 aliphatic heterocycles. The molecule has 0 fully saturated rings. The summed E-state index contributed by atoms with van der Waals surface area (Å²) in [4.78, 5) is 0.